The summed E-state index contributed by atoms with van der Waals surface area (Å²) < 4.78 is 34.4. The molecule has 0 aliphatic carbocycles. The van der Waals surface area contributed by atoms with Crippen LogP contribution in [0, 0.1) is 0 Å². The minimum atomic E-state index is -4.75. The zero-order chi connectivity index (χ0) is 9.03. The Balaban J connectivity index is 2.85. The molecule has 0 saturated carbocycles. The molecule has 1 aromatic rings. The number of hydrogen-bond donors (Lipinski definition) is 0. The highest BCUT2D eigenvalue weighted by Gasteiger charge is 1.98. The molecule has 0 N–H and O–H groups in total. The van der Waals surface area contributed by atoms with E-state index in [4.69, 9.17) is 0 Å². The van der Waals surface area contributed by atoms with E-state index in [1.807, 2.05) is 0 Å². The van der Waals surface area contributed by atoms with Crippen molar-refractivity contribution in [3.8, 4) is 0 Å². The standard InChI is InChI=1S/C7H6FNO2S/c8-12(10,11)9-6-7-4-2-1-3-5-7/h1-6H. The molecule has 1 aromatic carbocycles. The fourth-order valence-corrected chi connectivity index (χ4v) is 0.911. The van der Waals surface area contributed by atoms with Gasteiger partial charge in [0.05, 0.1) is 6.21 Å². The summed E-state index contributed by atoms with van der Waals surface area (Å²) in [5.41, 5.74) is 0.540. The minimum Gasteiger partial charge on any atom is -0.170 e. The van der Waals surface area contributed by atoms with Crippen molar-refractivity contribution in [2.45, 2.75) is 0 Å². The van der Waals surface area contributed by atoms with Gasteiger partial charge in [-0.2, -0.15) is 8.42 Å². The van der Waals surface area contributed by atoms with Crippen LogP contribution in [-0.4, -0.2) is 14.6 Å². The first kappa shape index (κ1) is 8.86. The van der Waals surface area contributed by atoms with Gasteiger partial charge in [0.1, 0.15) is 0 Å². The Bertz CT molecular complexity index is 372. The molecule has 64 valence electrons. The zero-order valence-electron chi connectivity index (χ0n) is 6.01. The van der Waals surface area contributed by atoms with Crippen molar-refractivity contribution >= 4 is 16.6 Å². The van der Waals surface area contributed by atoms with E-state index in [1.165, 1.54) is 0 Å². The lowest BCUT2D eigenvalue weighted by molar-refractivity contribution is 0.554. The quantitative estimate of drug-likeness (QED) is 0.517. The average molecular weight is 187 g/mol. The van der Waals surface area contributed by atoms with Crippen molar-refractivity contribution in [3.05, 3.63) is 35.9 Å². The third-order valence-corrected chi connectivity index (χ3v) is 1.48. The highest BCUT2D eigenvalue weighted by atomic mass is 32.3. The van der Waals surface area contributed by atoms with E-state index >= 15 is 0 Å². The molecule has 0 aliphatic heterocycles. The molecule has 0 amide bonds. The van der Waals surface area contributed by atoms with Gasteiger partial charge in [-0.25, -0.2) is 0 Å². The van der Waals surface area contributed by atoms with Crippen LogP contribution in [-0.2, 0) is 10.4 Å². The molecule has 12 heavy (non-hydrogen) atoms. The number of hydrogen-bond acceptors (Lipinski definition) is 2. The molecule has 0 spiro atoms. The van der Waals surface area contributed by atoms with Crippen LogP contribution in [0.2, 0.25) is 0 Å². The molecule has 0 heterocycles. The summed E-state index contributed by atoms with van der Waals surface area (Å²) in [6, 6.07) is 8.41. The van der Waals surface area contributed by atoms with E-state index in [1.54, 1.807) is 30.3 Å². The van der Waals surface area contributed by atoms with Crippen molar-refractivity contribution in [2.24, 2.45) is 4.40 Å². The second-order valence-electron chi connectivity index (χ2n) is 2.06. The van der Waals surface area contributed by atoms with E-state index in [2.05, 4.69) is 4.40 Å². The Morgan fingerprint density at radius 2 is 1.83 bits per heavy atom. The fraction of sp³-hybridized carbons (Fsp3) is 0. The Kier molecular flexibility index (Phi) is 2.54. The van der Waals surface area contributed by atoms with Gasteiger partial charge in [-0.15, -0.1) is 4.40 Å². The first-order chi connectivity index (χ1) is 5.58. The highest BCUT2D eigenvalue weighted by Crippen LogP contribution is 1.97. The molecule has 0 unspecified atom stereocenters. The van der Waals surface area contributed by atoms with Crippen LogP contribution in [0.4, 0.5) is 3.89 Å². The van der Waals surface area contributed by atoms with Crippen LogP contribution >= 0.6 is 0 Å². The predicted octanol–water partition coefficient (Wildman–Crippen LogP) is 1.32. The highest BCUT2D eigenvalue weighted by molar-refractivity contribution is 7.85. The van der Waals surface area contributed by atoms with Crippen molar-refractivity contribution in [3.63, 3.8) is 0 Å². The van der Waals surface area contributed by atoms with E-state index in [0.29, 0.717) is 5.56 Å². The summed E-state index contributed by atoms with van der Waals surface area (Å²) in [5.74, 6) is 0. The molecular weight excluding hydrogens is 181 g/mol. The largest absolute Gasteiger partial charge is 0.417 e. The van der Waals surface area contributed by atoms with Crippen molar-refractivity contribution in [1.82, 2.24) is 0 Å². The second-order valence-corrected chi connectivity index (χ2v) is 3.09. The molecule has 3 nitrogen and oxygen atoms in total. The third kappa shape index (κ3) is 3.25. The van der Waals surface area contributed by atoms with Crippen LogP contribution < -0.4 is 0 Å². The Morgan fingerprint density at radius 3 is 2.33 bits per heavy atom. The third-order valence-electron chi connectivity index (χ3n) is 1.13. The van der Waals surface area contributed by atoms with Gasteiger partial charge < -0.3 is 0 Å². The summed E-state index contributed by atoms with van der Waals surface area (Å²) in [6.07, 6.45) is 0.954. The van der Waals surface area contributed by atoms with Gasteiger partial charge in [0, 0.05) is 0 Å². The maximum atomic E-state index is 11.8. The normalized spacial score (nSPS) is 12.1. The van der Waals surface area contributed by atoms with Crippen molar-refractivity contribution in [1.29, 1.82) is 0 Å². The molecule has 0 aromatic heterocycles. The zero-order valence-corrected chi connectivity index (χ0v) is 6.83. The van der Waals surface area contributed by atoms with Gasteiger partial charge in [0.15, 0.2) is 0 Å². The fourth-order valence-electron chi connectivity index (χ4n) is 0.663. The molecule has 0 fully saturated rings. The van der Waals surface area contributed by atoms with Crippen molar-refractivity contribution in [2.75, 3.05) is 0 Å². The Hall–Kier alpha value is -1.23. The molecule has 5 heteroatoms. The molecule has 0 radical (unpaired) electrons. The summed E-state index contributed by atoms with van der Waals surface area (Å²) in [6.45, 7) is 0. The lowest BCUT2D eigenvalue weighted by Gasteiger charge is -1.87. The molecular formula is C7H6FNO2S. The Labute approximate surface area is 69.9 Å². The smallest absolute Gasteiger partial charge is 0.170 e. The van der Waals surface area contributed by atoms with Crippen LogP contribution in [0.5, 0.6) is 0 Å². The predicted molar refractivity (Wildman–Crippen MR) is 44.1 cm³/mol. The number of rotatable bonds is 2. The van der Waals surface area contributed by atoms with Gasteiger partial charge in [-0.05, 0) is 5.56 Å². The van der Waals surface area contributed by atoms with Crippen LogP contribution in [0.25, 0.3) is 0 Å². The summed E-state index contributed by atoms with van der Waals surface area (Å²) in [4.78, 5) is 0. The minimum absolute atomic E-state index is 0.540. The van der Waals surface area contributed by atoms with Crippen LogP contribution in [0.1, 0.15) is 5.56 Å². The molecule has 0 bridgehead atoms. The van der Waals surface area contributed by atoms with Gasteiger partial charge in [-0.3, -0.25) is 0 Å². The second kappa shape index (κ2) is 3.44. The molecule has 0 saturated heterocycles. The van der Waals surface area contributed by atoms with Crippen LogP contribution in [0.15, 0.2) is 34.7 Å². The van der Waals surface area contributed by atoms with E-state index in [-0.39, 0.29) is 0 Å². The lowest BCUT2D eigenvalue weighted by atomic mass is 10.2. The van der Waals surface area contributed by atoms with Gasteiger partial charge in [0.2, 0.25) is 0 Å². The summed E-state index contributed by atoms with van der Waals surface area (Å²) in [7, 11) is -4.75. The lowest BCUT2D eigenvalue weighted by Crippen LogP contribution is -1.86. The van der Waals surface area contributed by atoms with E-state index < -0.39 is 10.4 Å². The maximum Gasteiger partial charge on any atom is 0.417 e. The first-order valence-corrected chi connectivity index (χ1v) is 4.47. The topological polar surface area (TPSA) is 46.5 Å². The number of benzene rings is 1. The monoisotopic (exact) mass is 187 g/mol. The van der Waals surface area contributed by atoms with E-state index in [0.717, 1.165) is 6.21 Å². The first-order valence-electron chi connectivity index (χ1n) is 3.13. The number of nitrogens with zero attached hydrogens (tertiary/aromatic N) is 1. The Morgan fingerprint density at radius 1 is 1.25 bits per heavy atom. The van der Waals surface area contributed by atoms with Crippen molar-refractivity contribution < 1.29 is 12.3 Å². The molecule has 0 aliphatic rings. The molecule has 0 atom stereocenters. The average Bonchev–Trinajstić information content (AvgIpc) is 2.02. The maximum absolute atomic E-state index is 11.8. The van der Waals surface area contributed by atoms with Gasteiger partial charge in [0.25, 0.3) is 0 Å². The molecule has 1 rings (SSSR count). The van der Waals surface area contributed by atoms with Gasteiger partial charge in [-0.1, -0.05) is 34.2 Å². The SMILES string of the molecule is O=S(=O)(F)N=Cc1ccccc1. The number of halogens is 1. The van der Waals surface area contributed by atoms with Crippen LogP contribution in [0.3, 0.4) is 0 Å². The summed E-state index contributed by atoms with van der Waals surface area (Å²) in [5, 5.41) is 0. The summed E-state index contributed by atoms with van der Waals surface area (Å²) >= 11 is 0. The van der Waals surface area contributed by atoms with Gasteiger partial charge >= 0.3 is 10.4 Å². The van der Waals surface area contributed by atoms with E-state index in [9.17, 15) is 12.3 Å².